The molecule has 0 aliphatic rings. The van der Waals surface area contributed by atoms with Crippen LogP contribution in [0.4, 0.5) is 4.79 Å². The van der Waals surface area contributed by atoms with E-state index in [1.54, 1.807) is 24.3 Å². The Balaban J connectivity index is 2.59. The van der Waals surface area contributed by atoms with E-state index in [0.717, 1.165) is 19.8 Å². The molecule has 1 atom stereocenters. The van der Waals surface area contributed by atoms with E-state index in [0.29, 0.717) is 0 Å². The lowest BCUT2D eigenvalue weighted by Gasteiger charge is -2.21. The molecule has 1 aromatic carbocycles. The lowest BCUT2D eigenvalue weighted by atomic mass is 10.2. The lowest BCUT2D eigenvalue weighted by molar-refractivity contribution is -0.140. The number of likely N-dealkylation sites (N-methyl/N-ethyl adjacent to an activating group) is 1. The number of carbonyl (C=O) groups is 2. The highest BCUT2D eigenvalue weighted by molar-refractivity contribution is 7.55. The van der Waals surface area contributed by atoms with Crippen LogP contribution in [0.25, 0.3) is 0 Å². The average Bonchev–Trinajstić information content (AvgIpc) is 2.54. The highest BCUT2D eigenvalue weighted by atomic mass is 31.2. The fourth-order valence-electron chi connectivity index (χ4n) is 1.57. The first-order chi connectivity index (χ1) is 10.5. The molecule has 8 nitrogen and oxygen atoms in total. The summed E-state index contributed by atoms with van der Waals surface area (Å²) in [6, 6.07) is 8.86. The Hall–Kier alpha value is -1.73. The number of benzene rings is 1. The molecular formula is C13H18NO7P. The molecule has 0 saturated heterocycles. The summed E-state index contributed by atoms with van der Waals surface area (Å²) < 4.78 is 30.8. The molecule has 0 fully saturated rings. The summed E-state index contributed by atoms with van der Waals surface area (Å²) >= 11 is 0. The third-order valence-electron chi connectivity index (χ3n) is 2.71. The zero-order valence-corrected chi connectivity index (χ0v) is 13.4. The number of hydrogen-bond donors (Lipinski definition) is 1. The number of carbonyl (C=O) groups excluding carboxylic acids is 2. The van der Waals surface area contributed by atoms with Crippen LogP contribution >= 0.6 is 7.60 Å². The van der Waals surface area contributed by atoms with Crippen LogP contribution in [0.1, 0.15) is 5.56 Å². The summed E-state index contributed by atoms with van der Waals surface area (Å²) in [5.41, 5.74) is 0.733. The normalized spacial score (nSPS) is 12.5. The number of hydrogen-bond acceptors (Lipinski definition) is 8. The van der Waals surface area contributed by atoms with E-state index in [1.165, 1.54) is 7.05 Å². The lowest BCUT2D eigenvalue weighted by Crippen LogP contribution is -2.37. The van der Waals surface area contributed by atoms with Gasteiger partial charge in [-0.3, -0.25) is 9.88 Å². The van der Waals surface area contributed by atoms with Crippen LogP contribution in [0.15, 0.2) is 30.3 Å². The van der Waals surface area contributed by atoms with Crippen molar-refractivity contribution in [1.82, 2.24) is 5.32 Å². The third-order valence-corrected chi connectivity index (χ3v) is 4.82. The average molecular weight is 331 g/mol. The zero-order valence-electron chi connectivity index (χ0n) is 12.5. The molecule has 0 radical (unpaired) electrons. The van der Waals surface area contributed by atoms with Crippen molar-refractivity contribution in [3.8, 4) is 0 Å². The van der Waals surface area contributed by atoms with E-state index in [2.05, 4.69) is 19.1 Å². The smallest absolute Gasteiger partial charge is 0.429 e. The van der Waals surface area contributed by atoms with E-state index >= 15 is 0 Å². The second-order valence-corrected chi connectivity index (χ2v) is 6.37. The van der Waals surface area contributed by atoms with Gasteiger partial charge in [0, 0.05) is 14.2 Å². The van der Waals surface area contributed by atoms with Gasteiger partial charge in [0.1, 0.15) is 6.61 Å². The van der Waals surface area contributed by atoms with Crippen LogP contribution in [0.3, 0.4) is 0 Å². The fraction of sp³-hybridized carbons (Fsp3) is 0.385. The van der Waals surface area contributed by atoms with Gasteiger partial charge in [-0.1, -0.05) is 30.3 Å². The van der Waals surface area contributed by atoms with Gasteiger partial charge in [-0.2, -0.15) is 0 Å². The van der Waals surface area contributed by atoms with E-state index in [4.69, 9.17) is 4.74 Å². The minimum atomic E-state index is -3.77. The maximum absolute atomic E-state index is 12.1. The monoisotopic (exact) mass is 331 g/mol. The Kier molecular flexibility index (Phi) is 7.20. The van der Waals surface area contributed by atoms with Gasteiger partial charge < -0.3 is 18.5 Å². The molecule has 1 N–H and O–H groups in total. The topological polar surface area (TPSA) is 100 Å². The van der Waals surface area contributed by atoms with E-state index in [9.17, 15) is 14.2 Å². The van der Waals surface area contributed by atoms with Crippen molar-refractivity contribution in [2.24, 2.45) is 0 Å². The van der Waals surface area contributed by atoms with Crippen LogP contribution in [-0.2, 0) is 34.5 Å². The van der Waals surface area contributed by atoms with Gasteiger partial charge in [0.15, 0.2) is 0 Å². The second kappa shape index (κ2) is 8.65. The molecule has 1 rings (SSSR count). The minimum Gasteiger partial charge on any atom is -0.429 e. The van der Waals surface area contributed by atoms with Crippen molar-refractivity contribution < 1.29 is 32.7 Å². The third kappa shape index (κ3) is 4.92. The Morgan fingerprint density at radius 3 is 2.27 bits per heavy atom. The summed E-state index contributed by atoms with van der Waals surface area (Å²) in [6.07, 6.45) is -1.20. The van der Waals surface area contributed by atoms with E-state index < -0.39 is 25.5 Å². The summed E-state index contributed by atoms with van der Waals surface area (Å²) in [4.78, 5) is 23.3. The fourth-order valence-corrected chi connectivity index (χ4v) is 2.77. The van der Waals surface area contributed by atoms with Gasteiger partial charge in [0.2, 0.25) is 5.78 Å². The molecular weight excluding hydrogens is 313 g/mol. The number of rotatable bonds is 7. The van der Waals surface area contributed by atoms with Crippen LogP contribution in [0, 0.1) is 0 Å². The Labute approximate surface area is 128 Å². The van der Waals surface area contributed by atoms with Gasteiger partial charge in [-0.05, 0) is 12.6 Å². The second-order valence-electron chi connectivity index (χ2n) is 4.04. The van der Waals surface area contributed by atoms with Gasteiger partial charge in [0.25, 0.3) is 0 Å². The van der Waals surface area contributed by atoms with E-state index in [-0.39, 0.29) is 6.61 Å². The Bertz CT molecular complexity index is 541. The SMILES string of the molecule is CN[C@H](C(=O)OC(=O)OCc1ccccc1)P(=O)(OC)OC. The maximum Gasteiger partial charge on any atom is 0.516 e. The molecule has 22 heavy (non-hydrogen) atoms. The zero-order chi connectivity index (χ0) is 16.6. The van der Waals surface area contributed by atoms with E-state index in [1.807, 2.05) is 6.07 Å². The predicted molar refractivity (Wildman–Crippen MR) is 77.2 cm³/mol. The molecule has 0 heterocycles. The van der Waals surface area contributed by atoms with Gasteiger partial charge >= 0.3 is 19.7 Å². The molecule has 0 spiro atoms. The summed E-state index contributed by atoms with van der Waals surface area (Å²) in [6.45, 7) is -0.0522. The molecule has 0 bridgehead atoms. The molecule has 0 aliphatic carbocycles. The van der Waals surface area contributed by atoms with Gasteiger partial charge in [-0.25, -0.2) is 9.59 Å². The molecule has 0 unspecified atom stereocenters. The van der Waals surface area contributed by atoms with Crippen LogP contribution in [0.5, 0.6) is 0 Å². The number of nitrogens with one attached hydrogen (secondary N) is 1. The minimum absolute atomic E-state index is 0.0522. The first-order valence-corrected chi connectivity index (χ1v) is 7.89. The van der Waals surface area contributed by atoms with Crippen molar-refractivity contribution in [3.05, 3.63) is 35.9 Å². The molecule has 9 heteroatoms. The van der Waals surface area contributed by atoms with Crippen LogP contribution in [-0.4, -0.2) is 39.2 Å². The van der Waals surface area contributed by atoms with Crippen molar-refractivity contribution >= 4 is 19.7 Å². The first-order valence-electron chi connectivity index (χ1n) is 6.27. The van der Waals surface area contributed by atoms with Gasteiger partial charge in [-0.15, -0.1) is 0 Å². The molecule has 0 amide bonds. The molecule has 0 aromatic heterocycles. The highest BCUT2D eigenvalue weighted by Gasteiger charge is 2.41. The summed E-state index contributed by atoms with van der Waals surface area (Å²) in [5, 5.41) is 2.43. The van der Waals surface area contributed by atoms with Crippen molar-refractivity contribution in [1.29, 1.82) is 0 Å². The van der Waals surface area contributed by atoms with Gasteiger partial charge in [0.05, 0.1) is 0 Å². The Morgan fingerprint density at radius 1 is 1.18 bits per heavy atom. The van der Waals surface area contributed by atoms with Crippen molar-refractivity contribution in [2.75, 3.05) is 21.3 Å². The predicted octanol–water partition coefficient (Wildman–Crippen LogP) is 1.90. The number of esters is 1. The largest absolute Gasteiger partial charge is 0.516 e. The molecule has 122 valence electrons. The Morgan fingerprint density at radius 2 is 1.77 bits per heavy atom. The quantitative estimate of drug-likeness (QED) is 0.459. The summed E-state index contributed by atoms with van der Waals surface area (Å²) in [5.74, 6) is -2.56. The van der Waals surface area contributed by atoms with Crippen molar-refractivity contribution in [2.45, 2.75) is 12.4 Å². The molecule has 0 aliphatic heterocycles. The molecule has 0 saturated carbocycles. The maximum atomic E-state index is 12.1. The molecule has 1 aromatic rings. The van der Waals surface area contributed by atoms with Crippen molar-refractivity contribution in [3.63, 3.8) is 0 Å². The first kappa shape index (κ1) is 18.3. The highest BCUT2D eigenvalue weighted by Crippen LogP contribution is 2.50. The standard InChI is InChI=1S/C13H18NO7P/c1-14-11(22(17,18-2)19-3)12(15)21-13(16)20-9-10-7-5-4-6-8-10/h4-8,11,14H,9H2,1-3H3/t11-/m0/s1. The van der Waals surface area contributed by atoms with Crippen LogP contribution in [0.2, 0.25) is 0 Å². The van der Waals surface area contributed by atoms with Crippen LogP contribution < -0.4 is 5.32 Å². The summed E-state index contributed by atoms with van der Waals surface area (Å²) in [7, 11) is -0.180. The number of ether oxygens (including phenoxy) is 2.